The quantitative estimate of drug-likeness (QED) is 0.686. The van der Waals surface area contributed by atoms with Gasteiger partial charge in [0.25, 0.3) is 10.2 Å². The number of aliphatic hydroxyl groups is 1. The monoisotopic (exact) mass is 371 g/mol. The zero-order chi connectivity index (χ0) is 17.4. The molecule has 0 amide bonds. The lowest BCUT2D eigenvalue weighted by atomic mass is 10.0. The molecule has 0 spiro atoms. The number of aliphatic hydroxyl groups excluding tert-OH is 1. The van der Waals surface area contributed by atoms with E-state index in [4.69, 9.17) is 5.14 Å². The van der Waals surface area contributed by atoms with Crippen LogP contribution in [0.15, 0.2) is 24.3 Å². The minimum atomic E-state index is -3.76. The molecule has 4 N–H and O–H groups in total. The predicted octanol–water partition coefficient (Wildman–Crippen LogP) is 3.02. The molecular formula is C18H33N3O3S. The Morgan fingerprint density at radius 3 is 2.20 bits per heavy atom. The maximum Gasteiger partial charge on any atom is 0.296 e. The molecule has 6 nitrogen and oxygen atoms in total. The lowest BCUT2D eigenvalue weighted by molar-refractivity contribution is 0.153. The molecule has 144 valence electrons. The summed E-state index contributed by atoms with van der Waals surface area (Å²) in [6.07, 6.45) is 7.72. The third-order valence-electron chi connectivity index (χ3n) is 4.46. The largest absolute Gasteiger partial charge is 0.388 e. The standard InChI is InChI=1S/C17H29N3O3S.CH4/c18-24(22,23)19-16-10-8-15(9-11-16)17(21)7-6-14-20-12-4-2-1-3-5-13-20;/h8-11,17,19,21H,1-7,12-14H2,(H2,18,22,23);1H4. The van der Waals surface area contributed by atoms with E-state index in [-0.39, 0.29) is 7.43 Å². The summed E-state index contributed by atoms with van der Waals surface area (Å²) in [5.41, 5.74) is 1.19. The minimum Gasteiger partial charge on any atom is -0.388 e. The second kappa shape index (κ2) is 10.8. The molecule has 1 saturated heterocycles. The van der Waals surface area contributed by atoms with E-state index >= 15 is 0 Å². The molecule has 1 unspecified atom stereocenters. The number of benzene rings is 1. The van der Waals surface area contributed by atoms with Gasteiger partial charge >= 0.3 is 0 Å². The van der Waals surface area contributed by atoms with Crippen LogP contribution >= 0.6 is 0 Å². The van der Waals surface area contributed by atoms with Crippen molar-refractivity contribution in [2.24, 2.45) is 5.14 Å². The molecule has 0 aliphatic carbocycles. The van der Waals surface area contributed by atoms with E-state index in [0.29, 0.717) is 12.1 Å². The molecule has 0 bridgehead atoms. The van der Waals surface area contributed by atoms with Gasteiger partial charge in [-0.2, -0.15) is 8.42 Å². The van der Waals surface area contributed by atoms with Gasteiger partial charge in [-0.3, -0.25) is 4.72 Å². The Morgan fingerprint density at radius 2 is 1.64 bits per heavy atom. The Hall–Kier alpha value is -1.15. The first kappa shape index (κ1) is 21.9. The molecule has 25 heavy (non-hydrogen) atoms. The number of nitrogens with zero attached hydrogens (tertiary/aromatic N) is 1. The summed E-state index contributed by atoms with van der Waals surface area (Å²) in [5.74, 6) is 0. The van der Waals surface area contributed by atoms with Crippen molar-refractivity contribution in [1.82, 2.24) is 4.90 Å². The second-order valence-corrected chi connectivity index (χ2v) is 7.83. The highest BCUT2D eigenvalue weighted by atomic mass is 32.2. The van der Waals surface area contributed by atoms with Crippen LogP contribution in [0, 0.1) is 0 Å². The van der Waals surface area contributed by atoms with Gasteiger partial charge in [0.05, 0.1) is 6.10 Å². The van der Waals surface area contributed by atoms with E-state index in [0.717, 1.165) is 18.5 Å². The number of rotatable bonds is 7. The number of hydrogen-bond acceptors (Lipinski definition) is 4. The molecule has 1 aliphatic rings. The first-order valence-corrected chi connectivity index (χ1v) is 10.3. The van der Waals surface area contributed by atoms with Gasteiger partial charge in [0.2, 0.25) is 0 Å². The fourth-order valence-corrected chi connectivity index (χ4v) is 3.61. The van der Waals surface area contributed by atoms with Crippen LogP contribution in [0.2, 0.25) is 0 Å². The molecule has 1 heterocycles. The highest BCUT2D eigenvalue weighted by Gasteiger charge is 2.11. The zero-order valence-electron chi connectivity index (χ0n) is 14.2. The fraction of sp³-hybridized carbons (Fsp3) is 0.667. The first-order valence-electron chi connectivity index (χ1n) is 8.75. The summed E-state index contributed by atoms with van der Waals surface area (Å²) in [6.45, 7) is 3.37. The van der Waals surface area contributed by atoms with E-state index in [1.807, 2.05) is 0 Å². The van der Waals surface area contributed by atoms with Crippen LogP contribution in [0.1, 0.15) is 64.0 Å². The maximum atomic E-state index is 11.0. The number of hydrogen-bond donors (Lipinski definition) is 3. The maximum absolute atomic E-state index is 11.0. The Bertz CT molecular complexity index is 582. The summed E-state index contributed by atoms with van der Waals surface area (Å²) in [4.78, 5) is 2.50. The molecule has 1 fully saturated rings. The summed E-state index contributed by atoms with van der Waals surface area (Å²) < 4.78 is 24.1. The molecule has 0 radical (unpaired) electrons. The van der Waals surface area contributed by atoms with Crippen molar-refractivity contribution >= 4 is 15.9 Å². The van der Waals surface area contributed by atoms with Gasteiger partial charge in [0.1, 0.15) is 0 Å². The SMILES string of the molecule is C.NS(=O)(=O)Nc1ccc(C(O)CCCN2CCCCCCC2)cc1. The molecule has 2 rings (SSSR count). The van der Waals surface area contributed by atoms with Gasteiger partial charge in [-0.1, -0.05) is 38.8 Å². The molecule has 0 saturated carbocycles. The number of likely N-dealkylation sites (tertiary alicyclic amines) is 1. The summed E-state index contributed by atoms with van der Waals surface area (Å²) in [7, 11) is -3.76. The Kier molecular flexibility index (Phi) is 9.42. The average Bonchev–Trinajstić information content (AvgIpc) is 2.48. The van der Waals surface area contributed by atoms with E-state index in [2.05, 4.69) is 9.62 Å². The molecule has 0 aromatic heterocycles. The lowest BCUT2D eigenvalue weighted by Crippen LogP contribution is -2.28. The zero-order valence-corrected chi connectivity index (χ0v) is 15.0. The highest BCUT2D eigenvalue weighted by Crippen LogP contribution is 2.21. The average molecular weight is 372 g/mol. The van der Waals surface area contributed by atoms with Crippen LogP contribution in [-0.2, 0) is 10.2 Å². The summed E-state index contributed by atoms with van der Waals surface area (Å²) in [5, 5.41) is 15.2. The normalized spacial score (nSPS) is 17.8. The number of anilines is 1. The van der Waals surface area contributed by atoms with Gasteiger partial charge in [-0.15, -0.1) is 0 Å². The smallest absolute Gasteiger partial charge is 0.296 e. The third kappa shape index (κ3) is 8.67. The van der Waals surface area contributed by atoms with E-state index in [9.17, 15) is 13.5 Å². The van der Waals surface area contributed by atoms with Crippen LogP contribution in [-0.4, -0.2) is 38.1 Å². The fourth-order valence-electron chi connectivity index (χ4n) is 3.15. The molecular weight excluding hydrogens is 338 g/mol. The first-order chi connectivity index (χ1) is 11.4. The van der Waals surface area contributed by atoms with Crippen molar-refractivity contribution in [3.05, 3.63) is 29.8 Å². The predicted molar refractivity (Wildman–Crippen MR) is 104 cm³/mol. The third-order valence-corrected chi connectivity index (χ3v) is 4.98. The molecule has 7 heteroatoms. The Labute approximate surface area is 152 Å². The molecule has 1 aromatic carbocycles. The number of nitrogens with one attached hydrogen (secondary N) is 1. The van der Waals surface area contributed by atoms with Gasteiger partial charge in [0, 0.05) is 5.69 Å². The lowest BCUT2D eigenvalue weighted by Gasteiger charge is -2.24. The molecule has 1 atom stereocenters. The number of nitrogens with two attached hydrogens (primary N) is 1. The summed E-state index contributed by atoms with van der Waals surface area (Å²) in [6, 6.07) is 6.69. The van der Waals surface area contributed by atoms with Crippen LogP contribution in [0.5, 0.6) is 0 Å². The summed E-state index contributed by atoms with van der Waals surface area (Å²) >= 11 is 0. The topological polar surface area (TPSA) is 95.7 Å². The van der Waals surface area contributed by atoms with Crippen LogP contribution in [0.4, 0.5) is 5.69 Å². The van der Waals surface area contributed by atoms with Crippen molar-refractivity contribution in [2.45, 2.75) is 58.5 Å². The van der Waals surface area contributed by atoms with E-state index < -0.39 is 16.3 Å². The second-order valence-electron chi connectivity index (χ2n) is 6.54. The highest BCUT2D eigenvalue weighted by molar-refractivity contribution is 7.90. The van der Waals surface area contributed by atoms with Crippen molar-refractivity contribution in [3.8, 4) is 0 Å². The van der Waals surface area contributed by atoms with Crippen LogP contribution < -0.4 is 9.86 Å². The molecule has 1 aliphatic heterocycles. The minimum absolute atomic E-state index is 0. The van der Waals surface area contributed by atoms with Crippen molar-refractivity contribution in [1.29, 1.82) is 0 Å². The van der Waals surface area contributed by atoms with Crippen molar-refractivity contribution < 1.29 is 13.5 Å². The van der Waals surface area contributed by atoms with Gasteiger partial charge in [-0.05, 0) is 63.0 Å². The Balaban J connectivity index is 0.00000312. The molecule has 1 aromatic rings. The van der Waals surface area contributed by atoms with Crippen LogP contribution in [0.25, 0.3) is 0 Å². The van der Waals surface area contributed by atoms with Gasteiger partial charge < -0.3 is 10.0 Å². The van der Waals surface area contributed by atoms with Gasteiger partial charge in [-0.25, -0.2) is 5.14 Å². The van der Waals surface area contributed by atoms with Crippen LogP contribution in [0.3, 0.4) is 0 Å². The van der Waals surface area contributed by atoms with Crippen molar-refractivity contribution in [2.75, 3.05) is 24.4 Å². The Morgan fingerprint density at radius 1 is 1.08 bits per heavy atom. The van der Waals surface area contributed by atoms with Gasteiger partial charge in [0.15, 0.2) is 0 Å². The van der Waals surface area contributed by atoms with Crippen molar-refractivity contribution in [3.63, 3.8) is 0 Å². The van der Waals surface area contributed by atoms with E-state index in [1.54, 1.807) is 24.3 Å². The van der Waals surface area contributed by atoms with E-state index in [1.165, 1.54) is 45.2 Å².